The number of aliphatic imine (C=N–C) groups is 1. The SMILES string of the molecule is Cc1cccc2c1N(c1cccc[n+]1C)C=CC=N2. The van der Waals surface area contributed by atoms with E-state index in [-0.39, 0.29) is 0 Å². The molecule has 0 saturated heterocycles. The molecule has 0 saturated carbocycles. The topological polar surface area (TPSA) is 19.5 Å². The smallest absolute Gasteiger partial charge is 0.252 e. The van der Waals surface area contributed by atoms with Crippen molar-refractivity contribution in [3.05, 3.63) is 60.4 Å². The highest BCUT2D eigenvalue weighted by Crippen LogP contribution is 2.36. The number of aromatic nitrogens is 1. The van der Waals surface area contributed by atoms with Gasteiger partial charge in [0.15, 0.2) is 5.69 Å². The number of anilines is 2. The molecule has 2 heterocycles. The number of hydrogen-bond acceptors (Lipinski definition) is 2. The van der Waals surface area contributed by atoms with E-state index >= 15 is 0 Å². The average molecular weight is 250 g/mol. The lowest BCUT2D eigenvalue weighted by atomic mass is 10.1. The third-order valence-electron chi connectivity index (χ3n) is 3.27. The van der Waals surface area contributed by atoms with Crippen LogP contribution >= 0.6 is 0 Å². The molecule has 1 aromatic heterocycles. The molecule has 19 heavy (non-hydrogen) atoms. The first-order chi connectivity index (χ1) is 9.27. The van der Waals surface area contributed by atoms with E-state index in [9.17, 15) is 0 Å². The van der Waals surface area contributed by atoms with E-state index < -0.39 is 0 Å². The van der Waals surface area contributed by atoms with E-state index in [1.807, 2.05) is 49.8 Å². The lowest BCUT2D eigenvalue weighted by molar-refractivity contribution is -0.658. The summed E-state index contributed by atoms with van der Waals surface area (Å²) >= 11 is 0. The molecular formula is C16H16N3+. The number of fused-ring (bicyclic) bond motifs is 1. The van der Waals surface area contributed by atoms with Crippen molar-refractivity contribution in [2.75, 3.05) is 4.90 Å². The minimum atomic E-state index is 0.994. The summed E-state index contributed by atoms with van der Waals surface area (Å²) < 4.78 is 2.10. The molecule has 2 aromatic rings. The van der Waals surface area contributed by atoms with Gasteiger partial charge in [0, 0.05) is 12.3 Å². The molecule has 1 aliphatic rings. The van der Waals surface area contributed by atoms with Crippen molar-refractivity contribution in [2.24, 2.45) is 12.0 Å². The summed E-state index contributed by atoms with van der Waals surface area (Å²) in [4.78, 5) is 6.67. The first kappa shape index (κ1) is 11.7. The van der Waals surface area contributed by atoms with E-state index in [0.29, 0.717) is 0 Å². The van der Waals surface area contributed by atoms with Crippen molar-refractivity contribution in [3.8, 4) is 0 Å². The molecule has 0 aliphatic carbocycles. The van der Waals surface area contributed by atoms with Gasteiger partial charge in [0.2, 0.25) is 0 Å². The van der Waals surface area contributed by atoms with E-state index in [1.54, 1.807) is 0 Å². The maximum Gasteiger partial charge on any atom is 0.286 e. The summed E-state index contributed by atoms with van der Waals surface area (Å²) in [5, 5.41) is 0. The predicted octanol–water partition coefficient (Wildman–Crippen LogP) is 3.19. The van der Waals surface area contributed by atoms with Crippen molar-refractivity contribution in [1.82, 2.24) is 0 Å². The molecule has 0 N–H and O–H groups in total. The molecule has 0 radical (unpaired) electrons. The predicted molar refractivity (Wildman–Crippen MR) is 78.2 cm³/mol. The Hall–Kier alpha value is -2.42. The van der Waals surface area contributed by atoms with Crippen LogP contribution in [0.3, 0.4) is 0 Å². The molecule has 0 spiro atoms. The van der Waals surface area contributed by atoms with Crippen LogP contribution in [0.4, 0.5) is 17.2 Å². The molecule has 94 valence electrons. The minimum absolute atomic E-state index is 0.994. The van der Waals surface area contributed by atoms with Crippen LogP contribution < -0.4 is 9.47 Å². The van der Waals surface area contributed by atoms with Gasteiger partial charge in [0.05, 0.1) is 19.4 Å². The van der Waals surface area contributed by atoms with Crippen LogP contribution in [-0.2, 0) is 7.05 Å². The highest BCUT2D eigenvalue weighted by Gasteiger charge is 2.23. The normalized spacial score (nSPS) is 13.3. The number of pyridine rings is 1. The summed E-state index contributed by atoms with van der Waals surface area (Å²) in [6.45, 7) is 2.11. The quantitative estimate of drug-likeness (QED) is 0.711. The zero-order valence-corrected chi connectivity index (χ0v) is 11.1. The summed E-state index contributed by atoms with van der Waals surface area (Å²) in [6, 6.07) is 12.4. The van der Waals surface area contributed by atoms with Crippen molar-refractivity contribution < 1.29 is 4.57 Å². The monoisotopic (exact) mass is 250 g/mol. The Morgan fingerprint density at radius 2 is 2.00 bits per heavy atom. The van der Waals surface area contributed by atoms with E-state index in [0.717, 1.165) is 17.2 Å². The van der Waals surface area contributed by atoms with Crippen molar-refractivity contribution in [2.45, 2.75) is 6.92 Å². The maximum absolute atomic E-state index is 4.49. The van der Waals surface area contributed by atoms with E-state index in [1.165, 1.54) is 5.56 Å². The second-order valence-electron chi connectivity index (χ2n) is 4.60. The Kier molecular flexibility index (Phi) is 2.88. The summed E-state index contributed by atoms with van der Waals surface area (Å²) in [5.41, 5.74) is 3.34. The molecule has 3 rings (SSSR count). The zero-order chi connectivity index (χ0) is 13.2. The van der Waals surface area contributed by atoms with Crippen molar-refractivity contribution >= 4 is 23.4 Å². The fraction of sp³-hybridized carbons (Fsp3) is 0.125. The van der Waals surface area contributed by atoms with Gasteiger partial charge < -0.3 is 0 Å². The second kappa shape index (κ2) is 4.69. The molecule has 0 atom stereocenters. The van der Waals surface area contributed by atoms with Gasteiger partial charge in [0.25, 0.3) is 5.82 Å². The Balaban J connectivity index is 2.23. The van der Waals surface area contributed by atoms with Gasteiger partial charge in [-0.05, 0) is 30.7 Å². The molecule has 3 nitrogen and oxygen atoms in total. The molecule has 0 unspecified atom stereocenters. The fourth-order valence-corrected chi connectivity index (χ4v) is 2.34. The van der Waals surface area contributed by atoms with Crippen LogP contribution in [0.25, 0.3) is 0 Å². The van der Waals surface area contributed by atoms with Gasteiger partial charge in [-0.15, -0.1) is 0 Å². The van der Waals surface area contributed by atoms with Gasteiger partial charge in [-0.25, -0.2) is 4.57 Å². The molecule has 0 amide bonds. The lowest BCUT2D eigenvalue weighted by Crippen LogP contribution is -2.34. The Morgan fingerprint density at radius 1 is 1.11 bits per heavy atom. The second-order valence-corrected chi connectivity index (χ2v) is 4.60. The van der Waals surface area contributed by atoms with Gasteiger partial charge >= 0.3 is 0 Å². The standard InChI is InChI=1S/C16H16N3/c1-13-7-5-8-14-16(13)19(12-6-10-17-14)15-9-3-4-11-18(15)2/h3-12H,1-2H3/q+1. The van der Waals surface area contributed by atoms with Crippen LogP contribution in [0.15, 0.2) is 59.9 Å². The van der Waals surface area contributed by atoms with E-state index in [4.69, 9.17) is 0 Å². The zero-order valence-electron chi connectivity index (χ0n) is 11.1. The fourth-order valence-electron chi connectivity index (χ4n) is 2.34. The van der Waals surface area contributed by atoms with Gasteiger partial charge in [0.1, 0.15) is 5.69 Å². The first-order valence-corrected chi connectivity index (χ1v) is 6.32. The number of para-hydroxylation sites is 1. The average Bonchev–Trinajstić information content (AvgIpc) is 2.63. The van der Waals surface area contributed by atoms with Gasteiger partial charge in [-0.1, -0.05) is 18.2 Å². The van der Waals surface area contributed by atoms with Crippen LogP contribution in [0, 0.1) is 6.92 Å². The minimum Gasteiger partial charge on any atom is -0.252 e. The van der Waals surface area contributed by atoms with Gasteiger partial charge in [-0.2, -0.15) is 4.90 Å². The third-order valence-corrected chi connectivity index (χ3v) is 3.27. The van der Waals surface area contributed by atoms with E-state index in [2.05, 4.69) is 39.7 Å². The summed E-state index contributed by atoms with van der Waals surface area (Å²) in [7, 11) is 2.05. The van der Waals surface area contributed by atoms with Crippen LogP contribution in [-0.4, -0.2) is 6.21 Å². The maximum atomic E-state index is 4.49. The molecule has 0 fully saturated rings. The van der Waals surface area contributed by atoms with Crippen LogP contribution in [0.5, 0.6) is 0 Å². The third kappa shape index (κ3) is 2.03. The summed E-state index contributed by atoms with van der Waals surface area (Å²) in [5.74, 6) is 1.11. The number of aryl methyl sites for hydroxylation is 2. The molecule has 0 bridgehead atoms. The molecule has 1 aromatic carbocycles. The number of hydrogen-bond donors (Lipinski definition) is 0. The highest BCUT2D eigenvalue weighted by molar-refractivity contribution is 5.86. The molecule has 1 aliphatic heterocycles. The van der Waals surface area contributed by atoms with Crippen LogP contribution in [0.2, 0.25) is 0 Å². The first-order valence-electron chi connectivity index (χ1n) is 6.32. The number of nitrogens with zero attached hydrogens (tertiary/aromatic N) is 3. The van der Waals surface area contributed by atoms with Gasteiger partial charge in [-0.3, -0.25) is 4.99 Å². The van der Waals surface area contributed by atoms with Crippen molar-refractivity contribution in [3.63, 3.8) is 0 Å². The number of benzene rings is 1. The number of rotatable bonds is 1. The molecule has 3 heteroatoms. The Bertz CT molecular complexity index is 671. The lowest BCUT2D eigenvalue weighted by Gasteiger charge is -2.16. The summed E-state index contributed by atoms with van der Waals surface area (Å²) in [6.07, 6.45) is 7.90. The Morgan fingerprint density at radius 3 is 2.84 bits per heavy atom. The highest BCUT2D eigenvalue weighted by atomic mass is 15.2. The largest absolute Gasteiger partial charge is 0.286 e. The van der Waals surface area contributed by atoms with Crippen LogP contribution in [0.1, 0.15) is 5.56 Å². The number of allylic oxidation sites excluding steroid dienone is 1. The van der Waals surface area contributed by atoms with Crippen molar-refractivity contribution in [1.29, 1.82) is 0 Å². The molecular weight excluding hydrogens is 234 g/mol. The Labute approximate surface area is 113 Å².